The van der Waals surface area contributed by atoms with E-state index in [4.69, 9.17) is 16.9 Å². The molecule has 0 saturated carbocycles. The molecule has 0 heterocycles. The molecule has 7 heteroatoms. The van der Waals surface area contributed by atoms with Crippen molar-refractivity contribution in [1.29, 1.82) is 5.26 Å². The van der Waals surface area contributed by atoms with Crippen molar-refractivity contribution in [3.05, 3.63) is 34.4 Å². The summed E-state index contributed by atoms with van der Waals surface area (Å²) >= 11 is 5.58. The molecule has 102 valence electrons. The van der Waals surface area contributed by atoms with E-state index in [-0.39, 0.29) is 22.6 Å². The average molecular weight is 292 g/mol. The number of hydrogen-bond donors (Lipinski definition) is 0. The summed E-state index contributed by atoms with van der Waals surface area (Å²) in [5.41, 5.74) is -1.35. The van der Waals surface area contributed by atoms with Crippen LogP contribution in [0.25, 0.3) is 0 Å². The molecule has 1 rings (SSSR count). The van der Waals surface area contributed by atoms with Crippen LogP contribution in [0.1, 0.15) is 22.3 Å². The lowest BCUT2D eigenvalue weighted by Gasteiger charge is -2.16. The number of nitrogens with zero attached hydrogens (tertiary/aromatic N) is 1. The first kappa shape index (κ1) is 15.3. The van der Waals surface area contributed by atoms with Gasteiger partial charge in [-0.05, 0) is 23.3 Å². The molecular weight excluding hydrogens is 283 g/mol. The van der Waals surface area contributed by atoms with Crippen LogP contribution in [0, 0.1) is 11.3 Å². The second-order valence-corrected chi connectivity index (χ2v) is 3.92. The largest absolute Gasteiger partial charge is 0.469 e. The predicted octanol–water partition coefficient (Wildman–Crippen LogP) is 3.03. The van der Waals surface area contributed by atoms with Crippen molar-refractivity contribution in [3.63, 3.8) is 0 Å². The van der Waals surface area contributed by atoms with E-state index in [2.05, 4.69) is 4.74 Å². The summed E-state index contributed by atoms with van der Waals surface area (Å²) in [7, 11) is 1.08. The smallest absolute Gasteiger partial charge is 0.416 e. The highest BCUT2D eigenvalue weighted by molar-refractivity contribution is 6.17. The van der Waals surface area contributed by atoms with E-state index in [0.717, 1.165) is 7.11 Å². The molecule has 0 aliphatic carbocycles. The van der Waals surface area contributed by atoms with Gasteiger partial charge in [0.05, 0.1) is 30.7 Å². The number of nitriles is 1. The van der Waals surface area contributed by atoms with Gasteiger partial charge in [-0.1, -0.05) is 0 Å². The fraction of sp³-hybridized carbons (Fsp3) is 0.333. The molecule has 0 aliphatic heterocycles. The van der Waals surface area contributed by atoms with Crippen LogP contribution in [0.4, 0.5) is 13.2 Å². The maximum atomic E-state index is 12.9. The van der Waals surface area contributed by atoms with Gasteiger partial charge in [-0.2, -0.15) is 18.4 Å². The molecular formula is C12H9ClF3NO2. The van der Waals surface area contributed by atoms with Crippen molar-refractivity contribution >= 4 is 17.6 Å². The average Bonchev–Trinajstić information content (AvgIpc) is 2.37. The summed E-state index contributed by atoms with van der Waals surface area (Å²) in [6.45, 7) is 0. The Kier molecular flexibility index (Phi) is 4.78. The Morgan fingerprint density at radius 2 is 2.11 bits per heavy atom. The van der Waals surface area contributed by atoms with Crippen LogP contribution >= 0.6 is 11.6 Å². The van der Waals surface area contributed by atoms with Crippen LogP contribution in [0.2, 0.25) is 0 Å². The van der Waals surface area contributed by atoms with E-state index >= 15 is 0 Å². The summed E-state index contributed by atoms with van der Waals surface area (Å²) in [4.78, 5) is 11.2. The van der Waals surface area contributed by atoms with Gasteiger partial charge in [0.15, 0.2) is 0 Å². The highest BCUT2D eigenvalue weighted by atomic mass is 35.5. The molecule has 0 unspecified atom stereocenters. The molecule has 0 aliphatic rings. The quantitative estimate of drug-likeness (QED) is 0.635. The summed E-state index contributed by atoms with van der Waals surface area (Å²) in [5.74, 6) is -1.04. The fourth-order valence-corrected chi connectivity index (χ4v) is 1.83. The van der Waals surface area contributed by atoms with Crippen LogP contribution in [0.5, 0.6) is 0 Å². The third-order valence-electron chi connectivity index (χ3n) is 2.47. The first-order chi connectivity index (χ1) is 8.83. The van der Waals surface area contributed by atoms with Crippen molar-refractivity contribution in [2.75, 3.05) is 7.11 Å². The number of alkyl halides is 4. The van der Waals surface area contributed by atoms with Gasteiger partial charge in [0.2, 0.25) is 0 Å². The number of rotatable bonds is 3. The van der Waals surface area contributed by atoms with Crippen LogP contribution in [0.3, 0.4) is 0 Å². The Morgan fingerprint density at radius 3 is 2.53 bits per heavy atom. The number of methoxy groups -OCH3 is 1. The van der Waals surface area contributed by atoms with Gasteiger partial charge in [-0.3, -0.25) is 4.79 Å². The molecule has 0 atom stereocenters. The maximum absolute atomic E-state index is 12.9. The molecule has 0 spiro atoms. The summed E-state index contributed by atoms with van der Waals surface area (Å²) in [5, 5.41) is 8.71. The topological polar surface area (TPSA) is 50.1 Å². The number of carbonyl (C=O) groups excluding carboxylic acids is 1. The second-order valence-electron chi connectivity index (χ2n) is 3.66. The molecule has 0 saturated heterocycles. The first-order valence-corrected chi connectivity index (χ1v) is 5.62. The van der Waals surface area contributed by atoms with E-state index < -0.39 is 24.1 Å². The Morgan fingerprint density at radius 1 is 1.47 bits per heavy atom. The molecule has 1 aromatic carbocycles. The third kappa shape index (κ3) is 3.61. The van der Waals surface area contributed by atoms with Crippen LogP contribution in [0.15, 0.2) is 12.1 Å². The van der Waals surface area contributed by atoms with Gasteiger partial charge < -0.3 is 4.74 Å². The van der Waals surface area contributed by atoms with Crippen molar-refractivity contribution in [3.8, 4) is 6.07 Å². The second kappa shape index (κ2) is 5.93. The first-order valence-electron chi connectivity index (χ1n) is 5.09. The number of benzene rings is 1. The fourth-order valence-electron chi connectivity index (χ4n) is 1.59. The van der Waals surface area contributed by atoms with Crippen molar-refractivity contribution in [2.45, 2.75) is 18.5 Å². The number of esters is 1. The third-order valence-corrected chi connectivity index (χ3v) is 2.76. The maximum Gasteiger partial charge on any atom is 0.416 e. The standard InChI is InChI=1S/C12H9ClF3NO2/c1-19-11(18)4-9-8(5-13)2-7(6-17)3-10(9)12(14,15)16/h2-3H,4-5H2,1H3. The summed E-state index contributed by atoms with van der Waals surface area (Å²) < 4.78 is 43.2. The van der Waals surface area contributed by atoms with Crippen molar-refractivity contribution in [1.82, 2.24) is 0 Å². The lowest BCUT2D eigenvalue weighted by Crippen LogP contribution is -2.16. The number of hydrogen-bond acceptors (Lipinski definition) is 3. The van der Waals surface area contributed by atoms with Crippen LogP contribution in [-0.2, 0) is 28.0 Å². The molecule has 0 aromatic heterocycles. The number of carbonyl (C=O) groups is 1. The Hall–Kier alpha value is -1.74. The minimum absolute atomic E-state index is 0.0958. The van der Waals surface area contributed by atoms with E-state index in [1.165, 1.54) is 6.07 Å². The summed E-state index contributed by atoms with van der Waals surface area (Å²) in [6.07, 6.45) is -5.21. The Labute approximate surface area is 112 Å². The predicted molar refractivity (Wildman–Crippen MR) is 61.4 cm³/mol. The highest BCUT2D eigenvalue weighted by Crippen LogP contribution is 2.35. The van der Waals surface area contributed by atoms with Gasteiger partial charge in [0.25, 0.3) is 0 Å². The molecule has 19 heavy (non-hydrogen) atoms. The summed E-state index contributed by atoms with van der Waals surface area (Å²) in [6, 6.07) is 3.57. The minimum atomic E-state index is -4.67. The zero-order valence-corrected chi connectivity index (χ0v) is 10.6. The van der Waals surface area contributed by atoms with Gasteiger partial charge >= 0.3 is 12.1 Å². The normalized spacial score (nSPS) is 10.9. The molecule has 0 bridgehead atoms. The molecule has 0 N–H and O–H groups in total. The Bertz CT molecular complexity index is 535. The van der Waals surface area contributed by atoms with Gasteiger partial charge in [-0.25, -0.2) is 0 Å². The lowest BCUT2D eigenvalue weighted by atomic mass is 9.96. The lowest BCUT2D eigenvalue weighted by molar-refractivity contribution is -0.141. The molecule has 1 aromatic rings. The number of halogens is 4. The van der Waals surface area contributed by atoms with Crippen molar-refractivity contribution in [2.24, 2.45) is 0 Å². The van der Waals surface area contributed by atoms with Crippen LogP contribution < -0.4 is 0 Å². The SMILES string of the molecule is COC(=O)Cc1c(CCl)cc(C#N)cc1C(F)(F)F. The van der Waals surface area contributed by atoms with E-state index in [9.17, 15) is 18.0 Å². The molecule has 0 fully saturated rings. The van der Waals surface area contributed by atoms with E-state index in [1.54, 1.807) is 6.07 Å². The minimum Gasteiger partial charge on any atom is -0.469 e. The zero-order chi connectivity index (χ0) is 14.6. The van der Waals surface area contributed by atoms with Gasteiger partial charge in [0, 0.05) is 5.88 Å². The Balaban J connectivity index is 3.47. The molecule has 0 amide bonds. The van der Waals surface area contributed by atoms with E-state index in [0.29, 0.717) is 6.07 Å². The van der Waals surface area contributed by atoms with Crippen molar-refractivity contribution < 1.29 is 22.7 Å². The van der Waals surface area contributed by atoms with Gasteiger partial charge in [-0.15, -0.1) is 11.6 Å². The molecule has 0 radical (unpaired) electrons. The number of ether oxygens (including phenoxy) is 1. The molecule has 3 nitrogen and oxygen atoms in total. The van der Waals surface area contributed by atoms with E-state index in [1.807, 2.05) is 0 Å². The van der Waals surface area contributed by atoms with Gasteiger partial charge in [0.1, 0.15) is 0 Å². The monoisotopic (exact) mass is 291 g/mol. The zero-order valence-electron chi connectivity index (χ0n) is 9.84. The highest BCUT2D eigenvalue weighted by Gasteiger charge is 2.35. The van der Waals surface area contributed by atoms with Crippen LogP contribution in [-0.4, -0.2) is 13.1 Å².